The van der Waals surface area contributed by atoms with Crippen LogP contribution in [-0.4, -0.2) is 33.2 Å². The minimum Gasteiger partial charge on any atom is -0.504 e. The summed E-state index contributed by atoms with van der Waals surface area (Å²) in [5.74, 6) is 0.314. The lowest BCUT2D eigenvalue weighted by molar-refractivity contribution is 0.0730. The number of rotatable bonds is 5. The van der Waals surface area contributed by atoms with E-state index in [2.05, 4.69) is 10.2 Å². The van der Waals surface area contributed by atoms with E-state index in [4.69, 9.17) is 4.74 Å². The van der Waals surface area contributed by atoms with Crippen molar-refractivity contribution in [3.63, 3.8) is 0 Å². The van der Waals surface area contributed by atoms with Gasteiger partial charge >= 0.3 is 0 Å². The second-order valence-electron chi connectivity index (χ2n) is 7.48. The fourth-order valence-electron chi connectivity index (χ4n) is 4.17. The Labute approximate surface area is 179 Å². The SMILES string of the molecule is COc1cc(C2c3c(-c4ccccc4)n[nH]c3C(=O)N2Cc2ccccc2)ccc1O. The van der Waals surface area contributed by atoms with E-state index >= 15 is 0 Å². The number of hydrogen-bond donors (Lipinski definition) is 2. The van der Waals surface area contributed by atoms with E-state index in [9.17, 15) is 9.90 Å². The lowest BCUT2D eigenvalue weighted by Crippen LogP contribution is -2.29. The average molecular weight is 411 g/mol. The first-order chi connectivity index (χ1) is 15.2. The number of phenolic OH excluding ortho intramolecular Hbond substituents is 1. The molecule has 0 fully saturated rings. The van der Waals surface area contributed by atoms with Crippen molar-refractivity contribution in [3.8, 4) is 22.8 Å². The minimum absolute atomic E-state index is 0.0564. The molecular weight excluding hydrogens is 390 g/mol. The fraction of sp³-hybridized carbons (Fsp3) is 0.120. The summed E-state index contributed by atoms with van der Waals surface area (Å²) in [5.41, 5.74) is 4.88. The van der Waals surface area contributed by atoms with Crippen molar-refractivity contribution in [2.45, 2.75) is 12.6 Å². The van der Waals surface area contributed by atoms with Gasteiger partial charge in [0.15, 0.2) is 11.5 Å². The Morgan fingerprint density at radius 2 is 1.74 bits per heavy atom. The maximum atomic E-state index is 13.4. The fourth-order valence-corrected chi connectivity index (χ4v) is 4.17. The number of aromatic amines is 1. The molecule has 0 spiro atoms. The number of fused-ring (bicyclic) bond motifs is 1. The molecule has 2 N–H and O–H groups in total. The van der Waals surface area contributed by atoms with Crippen LogP contribution in [0.5, 0.6) is 11.5 Å². The molecule has 0 radical (unpaired) electrons. The van der Waals surface area contributed by atoms with E-state index in [1.807, 2.05) is 71.6 Å². The maximum Gasteiger partial charge on any atom is 0.273 e. The summed E-state index contributed by atoms with van der Waals surface area (Å²) in [4.78, 5) is 15.3. The van der Waals surface area contributed by atoms with Crippen molar-refractivity contribution < 1.29 is 14.6 Å². The summed E-state index contributed by atoms with van der Waals surface area (Å²) in [7, 11) is 1.51. The summed E-state index contributed by atoms with van der Waals surface area (Å²) in [6, 6.07) is 24.5. The van der Waals surface area contributed by atoms with Crippen LogP contribution in [0.1, 0.15) is 33.2 Å². The number of carbonyl (C=O) groups excluding carboxylic acids is 1. The number of methoxy groups -OCH3 is 1. The Bertz CT molecular complexity index is 1240. The van der Waals surface area contributed by atoms with E-state index in [0.717, 1.165) is 27.9 Å². The van der Waals surface area contributed by atoms with Gasteiger partial charge in [-0.3, -0.25) is 9.89 Å². The number of benzene rings is 3. The average Bonchev–Trinajstić information content (AvgIpc) is 3.35. The summed E-state index contributed by atoms with van der Waals surface area (Å²) in [6.07, 6.45) is 0. The molecule has 1 aliphatic rings. The first-order valence-corrected chi connectivity index (χ1v) is 10.0. The first-order valence-electron chi connectivity index (χ1n) is 10.0. The molecule has 31 heavy (non-hydrogen) atoms. The number of amides is 1. The topological polar surface area (TPSA) is 78.5 Å². The number of phenols is 1. The van der Waals surface area contributed by atoms with Crippen LogP contribution in [0.2, 0.25) is 0 Å². The van der Waals surface area contributed by atoms with Gasteiger partial charge in [0, 0.05) is 17.7 Å². The monoisotopic (exact) mass is 411 g/mol. The van der Waals surface area contributed by atoms with Crippen LogP contribution in [0.4, 0.5) is 0 Å². The number of aromatic nitrogens is 2. The lowest BCUT2D eigenvalue weighted by atomic mass is 9.95. The number of carbonyl (C=O) groups is 1. The third kappa shape index (κ3) is 3.22. The molecule has 1 unspecified atom stereocenters. The molecule has 0 aliphatic carbocycles. The van der Waals surface area contributed by atoms with Crippen molar-refractivity contribution in [2.24, 2.45) is 0 Å². The van der Waals surface area contributed by atoms with Crippen LogP contribution in [0.25, 0.3) is 11.3 Å². The number of aromatic hydroxyl groups is 1. The smallest absolute Gasteiger partial charge is 0.273 e. The molecule has 4 aromatic rings. The lowest BCUT2D eigenvalue weighted by Gasteiger charge is -2.27. The molecule has 1 aromatic heterocycles. The summed E-state index contributed by atoms with van der Waals surface area (Å²) in [5, 5.41) is 17.5. The number of ether oxygens (including phenoxy) is 1. The molecule has 2 heterocycles. The molecule has 154 valence electrons. The Morgan fingerprint density at radius 3 is 2.45 bits per heavy atom. The molecule has 6 heteroatoms. The maximum absolute atomic E-state index is 13.4. The van der Waals surface area contributed by atoms with Gasteiger partial charge in [0.05, 0.1) is 18.8 Å². The third-order valence-electron chi connectivity index (χ3n) is 5.63. The number of H-pyrrole nitrogens is 1. The molecular formula is C25H21N3O3. The second-order valence-corrected chi connectivity index (χ2v) is 7.48. The van der Waals surface area contributed by atoms with E-state index in [-0.39, 0.29) is 17.7 Å². The quantitative estimate of drug-likeness (QED) is 0.506. The molecule has 5 rings (SSSR count). The standard InChI is InChI=1S/C25H21N3O3/c1-31-20-14-18(12-13-19(20)29)24-21-22(17-10-6-3-7-11-17)26-27-23(21)25(30)28(24)15-16-8-4-2-5-9-16/h2-14,24,29H,15H2,1H3,(H,26,27). The highest BCUT2D eigenvalue weighted by Crippen LogP contribution is 2.44. The zero-order valence-corrected chi connectivity index (χ0v) is 16.9. The molecule has 6 nitrogen and oxygen atoms in total. The molecule has 1 atom stereocenters. The van der Waals surface area contributed by atoms with Crippen molar-refractivity contribution in [1.82, 2.24) is 15.1 Å². The van der Waals surface area contributed by atoms with Crippen molar-refractivity contribution in [2.75, 3.05) is 7.11 Å². The van der Waals surface area contributed by atoms with Crippen LogP contribution < -0.4 is 4.74 Å². The first kappa shape index (κ1) is 18.9. The Hall–Kier alpha value is -4.06. The van der Waals surface area contributed by atoms with E-state index in [1.165, 1.54) is 7.11 Å². The second kappa shape index (κ2) is 7.65. The van der Waals surface area contributed by atoms with Crippen LogP contribution in [0.15, 0.2) is 78.9 Å². The summed E-state index contributed by atoms with van der Waals surface area (Å²) >= 11 is 0. The molecule has 1 amide bonds. The highest BCUT2D eigenvalue weighted by molar-refractivity contribution is 6.00. The number of nitrogens with one attached hydrogen (secondary N) is 1. The molecule has 3 aromatic carbocycles. The predicted octanol–water partition coefficient (Wildman–Crippen LogP) is 4.54. The van der Waals surface area contributed by atoms with Gasteiger partial charge in [-0.1, -0.05) is 66.7 Å². The Kier molecular flexibility index (Phi) is 4.67. The van der Waals surface area contributed by atoms with Crippen LogP contribution in [0, 0.1) is 0 Å². The van der Waals surface area contributed by atoms with Gasteiger partial charge in [0.25, 0.3) is 5.91 Å². The van der Waals surface area contributed by atoms with Gasteiger partial charge in [-0.2, -0.15) is 5.10 Å². The van der Waals surface area contributed by atoms with Gasteiger partial charge in [0.2, 0.25) is 0 Å². The highest BCUT2D eigenvalue weighted by Gasteiger charge is 2.42. The van der Waals surface area contributed by atoms with E-state index in [1.54, 1.807) is 12.1 Å². The van der Waals surface area contributed by atoms with Gasteiger partial charge in [-0.25, -0.2) is 0 Å². The summed E-state index contributed by atoms with van der Waals surface area (Å²) < 4.78 is 5.33. The van der Waals surface area contributed by atoms with E-state index in [0.29, 0.717) is 18.0 Å². The normalized spacial score (nSPS) is 15.2. The molecule has 1 aliphatic heterocycles. The minimum atomic E-state index is -0.369. The summed E-state index contributed by atoms with van der Waals surface area (Å²) in [6.45, 7) is 0.449. The van der Waals surface area contributed by atoms with Gasteiger partial charge < -0.3 is 14.7 Å². The van der Waals surface area contributed by atoms with Crippen molar-refractivity contribution in [1.29, 1.82) is 0 Å². The molecule has 0 bridgehead atoms. The third-order valence-corrected chi connectivity index (χ3v) is 5.63. The van der Waals surface area contributed by atoms with Crippen LogP contribution >= 0.6 is 0 Å². The van der Waals surface area contributed by atoms with Gasteiger partial charge in [-0.15, -0.1) is 0 Å². The highest BCUT2D eigenvalue weighted by atomic mass is 16.5. The zero-order chi connectivity index (χ0) is 21.4. The zero-order valence-electron chi connectivity index (χ0n) is 16.9. The van der Waals surface area contributed by atoms with Gasteiger partial charge in [0.1, 0.15) is 5.69 Å². The Balaban J connectivity index is 1.67. The van der Waals surface area contributed by atoms with Crippen molar-refractivity contribution in [3.05, 3.63) is 101 Å². The molecule has 0 saturated heterocycles. The largest absolute Gasteiger partial charge is 0.504 e. The number of nitrogens with zero attached hydrogens (tertiary/aromatic N) is 2. The number of hydrogen-bond acceptors (Lipinski definition) is 4. The molecule has 0 saturated carbocycles. The van der Waals surface area contributed by atoms with Crippen molar-refractivity contribution >= 4 is 5.91 Å². The van der Waals surface area contributed by atoms with E-state index < -0.39 is 0 Å². The van der Waals surface area contributed by atoms with Crippen LogP contribution in [0.3, 0.4) is 0 Å². The Morgan fingerprint density at radius 1 is 1.03 bits per heavy atom. The van der Waals surface area contributed by atoms with Gasteiger partial charge in [-0.05, 0) is 23.3 Å². The predicted molar refractivity (Wildman–Crippen MR) is 117 cm³/mol. The van der Waals surface area contributed by atoms with Crippen LogP contribution in [-0.2, 0) is 6.54 Å².